The normalized spacial score (nSPS) is 15.2. The molecule has 1 fully saturated rings. The minimum atomic E-state index is -0.224. The number of benzene rings is 2. The van der Waals surface area contributed by atoms with Gasteiger partial charge in [-0.15, -0.1) is 0 Å². The second-order valence-corrected chi connectivity index (χ2v) is 8.00. The number of hydrogen-bond acceptors (Lipinski definition) is 6. The highest BCUT2D eigenvalue weighted by Gasteiger charge is 2.34. The molecule has 0 saturated carbocycles. The Labute approximate surface area is 188 Å². The summed E-state index contributed by atoms with van der Waals surface area (Å²) < 4.78 is 17.9. The van der Waals surface area contributed by atoms with Gasteiger partial charge in [0.15, 0.2) is 11.5 Å². The Kier molecular flexibility index (Phi) is 5.22. The molecule has 9 heteroatoms. The van der Waals surface area contributed by atoms with Gasteiger partial charge in [0.2, 0.25) is 0 Å². The number of carbonyl (C=O) groups is 1. The minimum absolute atomic E-state index is 0.123. The van der Waals surface area contributed by atoms with Gasteiger partial charge in [0.1, 0.15) is 19.0 Å². The first kappa shape index (κ1) is 20.4. The van der Waals surface area contributed by atoms with Gasteiger partial charge in [-0.3, -0.25) is 9.59 Å². The van der Waals surface area contributed by atoms with Crippen molar-refractivity contribution in [2.45, 2.75) is 6.04 Å². The fraction of sp³-hybridized carbons (Fsp3) is 0.261. The van der Waals surface area contributed by atoms with Gasteiger partial charge in [0, 0.05) is 35.3 Å². The lowest BCUT2D eigenvalue weighted by Crippen LogP contribution is -2.53. The van der Waals surface area contributed by atoms with Crippen molar-refractivity contribution in [3.8, 4) is 28.5 Å². The monoisotopic (exact) mass is 453 g/mol. The van der Waals surface area contributed by atoms with E-state index in [9.17, 15) is 9.59 Å². The highest BCUT2D eigenvalue weighted by atomic mass is 35.5. The third-order valence-corrected chi connectivity index (χ3v) is 5.78. The molecule has 0 N–H and O–H groups in total. The van der Waals surface area contributed by atoms with Crippen LogP contribution < -0.4 is 19.8 Å². The third-order valence-electron chi connectivity index (χ3n) is 5.55. The SMILES string of the molecule is COc1cc(Cl)ccc1-c1ccc(=O)n(C2CN(C(=O)c3ccc4c(c3)OCCO4)C2)n1. The smallest absolute Gasteiger partial charge is 0.267 e. The maximum atomic E-state index is 12.9. The molecule has 0 atom stereocenters. The topological polar surface area (TPSA) is 82.9 Å². The molecular weight excluding hydrogens is 434 g/mol. The summed E-state index contributed by atoms with van der Waals surface area (Å²) in [5.74, 6) is 1.65. The molecule has 0 spiro atoms. The van der Waals surface area contributed by atoms with Crippen molar-refractivity contribution in [1.29, 1.82) is 0 Å². The first-order chi connectivity index (χ1) is 15.5. The first-order valence-electron chi connectivity index (χ1n) is 10.2. The van der Waals surface area contributed by atoms with E-state index in [1.54, 1.807) is 54.5 Å². The van der Waals surface area contributed by atoms with E-state index in [-0.39, 0.29) is 17.5 Å². The van der Waals surface area contributed by atoms with E-state index < -0.39 is 0 Å². The van der Waals surface area contributed by atoms with E-state index in [1.165, 1.54) is 10.7 Å². The quantitative estimate of drug-likeness (QED) is 0.604. The summed E-state index contributed by atoms with van der Waals surface area (Å²) in [4.78, 5) is 27.0. The number of halogens is 1. The van der Waals surface area contributed by atoms with Crippen LogP contribution in [-0.2, 0) is 0 Å². The van der Waals surface area contributed by atoms with Crippen LogP contribution in [0.2, 0.25) is 5.02 Å². The number of nitrogens with zero attached hydrogens (tertiary/aromatic N) is 3. The molecule has 164 valence electrons. The number of likely N-dealkylation sites (tertiary alicyclic amines) is 1. The minimum Gasteiger partial charge on any atom is -0.496 e. The van der Waals surface area contributed by atoms with Crippen molar-refractivity contribution in [3.05, 3.63) is 69.5 Å². The van der Waals surface area contributed by atoms with Crippen molar-refractivity contribution in [2.75, 3.05) is 33.4 Å². The standard InChI is InChI=1S/C23H20ClN3O5/c1-30-20-11-15(24)3-4-17(20)18-5-7-22(28)27(25-18)16-12-26(13-16)23(29)14-2-6-19-21(10-14)32-9-8-31-19/h2-7,10-11,16H,8-9,12-13H2,1H3. The zero-order chi connectivity index (χ0) is 22.2. The summed E-state index contributed by atoms with van der Waals surface area (Å²) in [6.07, 6.45) is 0. The maximum Gasteiger partial charge on any atom is 0.267 e. The van der Waals surface area contributed by atoms with Crippen molar-refractivity contribution >= 4 is 17.5 Å². The van der Waals surface area contributed by atoms with Gasteiger partial charge in [-0.25, -0.2) is 4.68 Å². The van der Waals surface area contributed by atoms with Crippen molar-refractivity contribution < 1.29 is 19.0 Å². The first-order valence-corrected chi connectivity index (χ1v) is 10.5. The maximum absolute atomic E-state index is 12.9. The number of fused-ring (bicyclic) bond motifs is 1. The summed E-state index contributed by atoms with van der Waals surface area (Å²) in [6.45, 7) is 1.74. The van der Waals surface area contributed by atoms with E-state index in [0.717, 1.165) is 5.56 Å². The molecule has 8 nitrogen and oxygen atoms in total. The Morgan fingerprint density at radius 3 is 2.62 bits per heavy atom. The van der Waals surface area contributed by atoms with Crippen molar-refractivity contribution in [3.63, 3.8) is 0 Å². The molecule has 3 aromatic rings. The zero-order valence-electron chi connectivity index (χ0n) is 17.3. The molecule has 3 heterocycles. The number of carbonyl (C=O) groups excluding carboxylic acids is 1. The molecule has 0 bridgehead atoms. The summed E-state index contributed by atoms with van der Waals surface area (Å²) >= 11 is 6.05. The average Bonchev–Trinajstić information content (AvgIpc) is 2.79. The number of ether oxygens (including phenoxy) is 3. The highest BCUT2D eigenvalue weighted by molar-refractivity contribution is 6.30. The molecular formula is C23H20ClN3O5. The lowest BCUT2D eigenvalue weighted by Gasteiger charge is -2.39. The van der Waals surface area contributed by atoms with Gasteiger partial charge in [0.25, 0.3) is 11.5 Å². The number of aromatic nitrogens is 2. The number of rotatable bonds is 4. The van der Waals surface area contributed by atoms with Crippen LogP contribution in [0, 0.1) is 0 Å². The van der Waals surface area contributed by atoms with Crippen LogP contribution in [0.15, 0.2) is 53.3 Å². The van der Waals surface area contributed by atoms with Gasteiger partial charge in [-0.2, -0.15) is 5.10 Å². The predicted molar refractivity (Wildman–Crippen MR) is 118 cm³/mol. The van der Waals surface area contributed by atoms with Gasteiger partial charge in [-0.1, -0.05) is 11.6 Å². The molecule has 0 radical (unpaired) electrons. The van der Waals surface area contributed by atoms with Crippen LogP contribution in [0.3, 0.4) is 0 Å². The predicted octanol–water partition coefficient (Wildman–Crippen LogP) is 3.04. The largest absolute Gasteiger partial charge is 0.496 e. The number of hydrogen-bond donors (Lipinski definition) is 0. The molecule has 2 aliphatic rings. The van der Waals surface area contributed by atoms with Crippen LogP contribution in [0.25, 0.3) is 11.3 Å². The van der Waals surface area contributed by atoms with Gasteiger partial charge >= 0.3 is 0 Å². The third kappa shape index (κ3) is 3.67. The molecule has 1 amide bonds. The highest BCUT2D eigenvalue weighted by Crippen LogP contribution is 2.33. The fourth-order valence-electron chi connectivity index (χ4n) is 3.84. The Bertz CT molecular complexity index is 1250. The van der Waals surface area contributed by atoms with Crippen molar-refractivity contribution in [1.82, 2.24) is 14.7 Å². The molecule has 32 heavy (non-hydrogen) atoms. The van der Waals surface area contributed by atoms with Crippen LogP contribution in [0.4, 0.5) is 0 Å². The Hall–Kier alpha value is -3.52. The summed E-state index contributed by atoms with van der Waals surface area (Å²) in [5, 5.41) is 5.08. The van der Waals surface area contributed by atoms with Crippen LogP contribution in [-0.4, -0.2) is 54.0 Å². The Morgan fingerprint density at radius 2 is 1.84 bits per heavy atom. The second kappa shape index (κ2) is 8.20. The van der Waals surface area contributed by atoms with Crippen LogP contribution in [0.5, 0.6) is 17.2 Å². The van der Waals surface area contributed by atoms with E-state index in [2.05, 4.69) is 5.10 Å². The van der Waals surface area contributed by atoms with Gasteiger partial charge in [-0.05, 0) is 42.5 Å². The van der Waals surface area contributed by atoms with Crippen LogP contribution >= 0.6 is 11.6 Å². The Morgan fingerprint density at radius 1 is 1.06 bits per heavy atom. The second-order valence-electron chi connectivity index (χ2n) is 7.57. The lowest BCUT2D eigenvalue weighted by atomic mass is 10.1. The molecule has 0 unspecified atom stereocenters. The van der Waals surface area contributed by atoms with Crippen molar-refractivity contribution in [2.24, 2.45) is 0 Å². The van der Waals surface area contributed by atoms with E-state index in [0.29, 0.717) is 59.8 Å². The summed E-state index contributed by atoms with van der Waals surface area (Å²) in [5.41, 5.74) is 1.62. The van der Waals surface area contributed by atoms with Gasteiger partial charge in [0.05, 0.1) is 18.8 Å². The lowest BCUT2D eigenvalue weighted by molar-refractivity contribution is 0.0492. The zero-order valence-corrected chi connectivity index (χ0v) is 18.0. The molecule has 5 rings (SSSR count). The number of amides is 1. The van der Waals surface area contributed by atoms with E-state index in [4.69, 9.17) is 25.8 Å². The fourth-order valence-corrected chi connectivity index (χ4v) is 4.00. The summed E-state index contributed by atoms with van der Waals surface area (Å²) in [7, 11) is 1.55. The number of methoxy groups -OCH3 is 1. The Balaban J connectivity index is 1.34. The summed E-state index contributed by atoms with van der Waals surface area (Å²) in [6, 6.07) is 13.3. The van der Waals surface area contributed by atoms with Crippen LogP contribution in [0.1, 0.15) is 16.4 Å². The van der Waals surface area contributed by atoms with E-state index in [1.807, 2.05) is 0 Å². The van der Waals surface area contributed by atoms with E-state index >= 15 is 0 Å². The molecule has 0 aliphatic carbocycles. The molecule has 1 aromatic heterocycles. The molecule has 2 aliphatic heterocycles. The molecule has 1 saturated heterocycles. The average molecular weight is 454 g/mol. The van der Waals surface area contributed by atoms with Gasteiger partial charge < -0.3 is 19.1 Å². The molecule has 2 aromatic carbocycles.